The molecule has 0 heterocycles. The van der Waals surface area contributed by atoms with Crippen molar-refractivity contribution in [1.82, 2.24) is 4.90 Å². The van der Waals surface area contributed by atoms with Crippen LogP contribution in [0.25, 0.3) is 0 Å². The smallest absolute Gasteiger partial charge is 0.0236 e. The molecule has 0 spiro atoms. The molecule has 1 fully saturated rings. The first-order valence-electron chi connectivity index (χ1n) is 7.78. The first kappa shape index (κ1) is 16.0. The molecular formula is C17H27BrN2. The van der Waals surface area contributed by atoms with E-state index < -0.39 is 0 Å². The van der Waals surface area contributed by atoms with Gasteiger partial charge in [-0.2, -0.15) is 0 Å². The fourth-order valence-electron chi connectivity index (χ4n) is 3.10. The Bertz CT molecular complexity index is 394. The van der Waals surface area contributed by atoms with Gasteiger partial charge in [0.05, 0.1) is 0 Å². The van der Waals surface area contributed by atoms with Crippen LogP contribution in [-0.4, -0.2) is 23.5 Å². The van der Waals surface area contributed by atoms with Gasteiger partial charge in [0, 0.05) is 29.6 Å². The van der Waals surface area contributed by atoms with Crippen LogP contribution in [0.2, 0.25) is 0 Å². The summed E-state index contributed by atoms with van der Waals surface area (Å²) in [6, 6.07) is 9.87. The zero-order chi connectivity index (χ0) is 14.5. The molecule has 2 rings (SSSR count). The minimum absolute atomic E-state index is 0.430. The van der Waals surface area contributed by atoms with Gasteiger partial charge in [-0.05, 0) is 49.3 Å². The van der Waals surface area contributed by atoms with Gasteiger partial charge >= 0.3 is 0 Å². The molecule has 0 saturated heterocycles. The molecule has 1 aromatic carbocycles. The highest BCUT2D eigenvalue weighted by Gasteiger charge is 2.24. The third-order valence-electron chi connectivity index (χ3n) is 4.16. The van der Waals surface area contributed by atoms with Crippen LogP contribution in [0.15, 0.2) is 28.7 Å². The van der Waals surface area contributed by atoms with Crippen LogP contribution in [0.1, 0.15) is 45.1 Å². The highest BCUT2D eigenvalue weighted by molar-refractivity contribution is 9.10. The van der Waals surface area contributed by atoms with Crippen molar-refractivity contribution in [1.29, 1.82) is 0 Å². The zero-order valence-corrected chi connectivity index (χ0v) is 14.3. The van der Waals surface area contributed by atoms with Gasteiger partial charge in [0.2, 0.25) is 0 Å². The minimum Gasteiger partial charge on any atom is -0.328 e. The number of hydrogen-bond donors (Lipinski definition) is 1. The van der Waals surface area contributed by atoms with E-state index in [0.29, 0.717) is 18.0 Å². The Labute approximate surface area is 131 Å². The molecule has 1 aromatic rings. The molecule has 1 saturated carbocycles. The Kier molecular flexibility index (Phi) is 6.06. The summed E-state index contributed by atoms with van der Waals surface area (Å²) < 4.78 is 1.15. The van der Waals surface area contributed by atoms with Crippen LogP contribution in [0.3, 0.4) is 0 Å². The van der Waals surface area contributed by atoms with E-state index in [2.05, 4.69) is 58.9 Å². The van der Waals surface area contributed by atoms with Gasteiger partial charge in [-0.1, -0.05) is 41.9 Å². The lowest BCUT2D eigenvalue weighted by Gasteiger charge is -2.37. The average molecular weight is 339 g/mol. The summed E-state index contributed by atoms with van der Waals surface area (Å²) in [5, 5.41) is 0. The molecule has 0 atom stereocenters. The van der Waals surface area contributed by atoms with E-state index in [4.69, 9.17) is 5.73 Å². The topological polar surface area (TPSA) is 29.3 Å². The lowest BCUT2D eigenvalue weighted by atomic mass is 9.90. The lowest BCUT2D eigenvalue weighted by Crippen LogP contribution is -2.42. The summed E-state index contributed by atoms with van der Waals surface area (Å²) in [5.74, 6) is 0.709. The van der Waals surface area contributed by atoms with Crippen LogP contribution >= 0.6 is 15.9 Å². The summed E-state index contributed by atoms with van der Waals surface area (Å²) in [4.78, 5) is 2.67. The standard InChI is InChI=1S/C17H27BrN2/c1-13(2)11-20(17-9-7-16(19)8-10-17)12-14-3-5-15(18)6-4-14/h3-6,13,16-17H,7-12,19H2,1-2H3. The average Bonchev–Trinajstić information content (AvgIpc) is 2.41. The molecule has 1 aliphatic carbocycles. The molecule has 112 valence electrons. The Hall–Kier alpha value is -0.380. The molecule has 20 heavy (non-hydrogen) atoms. The van der Waals surface area contributed by atoms with Crippen LogP contribution in [0, 0.1) is 5.92 Å². The van der Waals surface area contributed by atoms with Crippen molar-refractivity contribution in [2.75, 3.05) is 6.54 Å². The maximum absolute atomic E-state index is 6.04. The van der Waals surface area contributed by atoms with Gasteiger partial charge in [-0.3, -0.25) is 4.90 Å². The molecule has 0 unspecified atom stereocenters. The second-order valence-electron chi connectivity index (χ2n) is 6.52. The van der Waals surface area contributed by atoms with Crippen LogP contribution in [0.4, 0.5) is 0 Å². The molecule has 2 nitrogen and oxygen atoms in total. The van der Waals surface area contributed by atoms with E-state index in [1.807, 2.05) is 0 Å². The predicted molar refractivity (Wildman–Crippen MR) is 89.6 cm³/mol. The van der Waals surface area contributed by atoms with Crippen LogP contribution < -0.4 is 5.73 Å². The Morgan fingerprint density at radius 3 is 2.30 bits per heavy atom. The maximum atomic E-state index is 6.04. The van der Waals surface area contributed by atoms with Gasteiger partial charge in [0.1, 0.15) is 0 Å². The van der Waals surface area contributed by atoms with Crippen molar-refractivity contribution >= 4 is 15.9 Å². The third-order valence-corrected chi connectivity index (χ3v) is 4.69. The summed E-state index contributed by atoms with van der Waals surface area (Å²) >= 11 is 3.51. The Morgan fingerprint density at radius 1 is 1.15 bits per heavy atom. The van der Waals surface area contributed by atoms with Crippen molar-refractivity contribution in [3.8, 4) is 0 Å². The number of benzene rings is 1. The zero-order valence-electron chi connectivity index (χ0n) is 12.7. The maximum Gasteiger partial charge on any atom is 0.0236 e. The van der Waals surface area contributed by atoms with Gasteiger partial charge in [-0.25, -0.2) is 0 Å². The Morgan fingerprint density at radius 2 is 1.75 bits per heavy atom. The van der Waals surface area contributed by atoms with E-state index in [1.165, 1.54) is 37.8 Å². The summed E-state index contributed by atoms with van der Waals surface area (Å²) in [6.07, 6.45) is 4.87. The minimum atomic E-state index is 0.430. The fraction of sp³-hybridized carbons (Fsp3) is 0.647. The quantitative estimate of drug-likeness (QED) is 0.872. The molecule has 3 heteroatoms. The van der Waals surface area contributed by atoms with E-state index in [9.17, 15) is 0 Å². The number of nitrogens with zero attached hydrogens (tertiary/aromatic N) is 1. The normalized spacial score (nSPS) is 23.5. The summed E-state index contributed by atoms with van der Waals surface area (Å²) in [6.45, 7) is 6.85. The first-order valence-corrected chi connectivity index (χ1v) is 8.58. The van der Waals surface area contributed by atoms with E-state index in [-0.39, 0.29) is 0 Å². The van der Waals surface area contributed by atoms with Gasteiger partial charge in [-0.15, -0.1) is 0 Å². The molecule has 0 bridgehead atoms. The molecular weight excluding hydrogens is 312 g/mol. The molecule has 0 amide bonds. The van der Waals surface area contributed by atoms with E-state index in [0.717, 1.165) is 11.0 Å². The number of hydrogen-bond acceptors (Lipinski definition) is 2. The largest absolute Gasteiger partial charge is 0.328 e. The highest BCUT2D eigenvalue weighted by atomic mass is 79.9. The van der Waals surface area contributed by atoms with Crippen molar-refractivity contribution < 1.29 is 0 Å². The fourth-order valence-corrected chi connectivity index (χ4v) is 3.37. The van der Waals surface area contributed by atoms with E-state index >= 15 is 0 Å². The number of halogens is 1. The monoisotopic (exact) mass is 338 g/mol. The third kappa shape index (κ3) is 4.87. The predicted octanol–water partition coefficient (Wildman–Crippen LogP) is 4.18. The summed E-state index contributed by atoms with van der Waals surface area (Å²) in [7, 11) is 0. The molecule has 0 aromatic heterocycles. The van der Waals surface area contributed by atoms with Gasteiger partial charge < -0.3 is 5.73 Å². The van der Waals surface area contributed by atoms with Crippen molar-refractivity contribution in [3.63, 3.8) is 0 Å². The van der Waals surface area contributed by atoms with E-state index in [1.54, 1.807) is 0 Å². The second kappa shape index (κ2) is 7.58. The molecule has 1 aliphatic rings. The van der Waals surface area contributed by atoms with Crippen LogP contribution in [0.5, 0.6) is 0 Å². The lowest BCUT2D eigenvalue weighted by molar-refractivity contribution is 0.127. The number of rotatable bonds is 5. The molecule has 0 radical (unpaired) electrons. The number of nitrogens with two attached hydrogens (primary N) is 1. The summed E-state index contributed by atoms with van der Waals surface area (Å²) in [5.41, 5.74) is 7.45. The van der Waals surface area contributed by atoms with Gasteiger partial charge in [0.25, 0.3) is 0 Å². The molecule has 2 N–H and O–H groups in total. The highest BCUT2D eigenvalue weighted by Crippen LogP contribution is 2.25. The van der Waals surface area contributed by atoms with Crippen molar-refractivity contribution in [3.05, 3.63) is 34.3 Å². The molecule has 0 aliphatic heterocycles. The van der Waals surface area contributed by atoms with Crippen LogP contribution in [-0.2, 0) is 6.54 Å². The second-order valence-corrected chi connectivity index (χ2v) is 7.43. The van der Waals surface area contributed by atoms with Crippen molar-refractivity contribution in [2.24, 2.45) is 11.7 Å². The SMILES string of the molecule is CC(C)CN(Cc1ccc(Br)cc1)C1CCC(N)CC1. The van der Waals surface area contributed by atoms with Crippen molar-refractivity contribution in [2.45, 2.75) is 58.2 Å². The Balaban J connectivity index is 2.01. The first-order chi connectivity index (χ1) is 9.54. The van der Waals surface area contributed by atoms with Gasteiger partial charge in [0.15, 0.2) is 0 Å².